The molecule has 5 nitrogen and oxygen atoms in total. The molecule has 3 aromatic carbocycles. The highest BCUT2D eigenvalue weighted by Gasteiger charge is 2.52. The van der Waals surface area contributed by atoms with Crippen molar-refractivity contribution in [2.75, 3.05) is 5.75 Å². The third-order valence-corrected chi connectivity index (χ3v) is 9.85. The molecule has 3 aromatic rings. The molecule has 1 amide bonds. The molecule has 1 heterocycles. The van der Waals surface area contributed by atoms with Gasteiger partial charge in [0.05, 0.1) is 12.1 Å². The van der Waals surface area contributed by atoms with Gasteiger partial charge >= 0.3 is 6.09 Å². The molecule has 6 heteroatoms. The molecule has 1 aliphatic carbocycles. The fraction of sp³-hybridized carbons (Fsp3) is 0.444. The summed E-state index contributed by atoms with van der Waals surface area (Å²) in [6, 6.07) is 27.9. The van der Waals surface area contributed by atoms with Crippen molar-refractivity contribution < 1.29 is 19.4 Å². The van der Waals surface area contributed by atoms with Gasteiger partial charge in [-0.25, -0.2) is 4.79 Å². The lowest BCUT2D eigenvalue weighted by Crippen LogP contribution is -2.49. The molecule has 2 aliphatic rings. The van der Waals surface area contributed by atoms with E-state index in [0.29, 0.717) is 12.8 Å². The summed E-state index contributed by atoms with van der Waals surface area (Å²) in [5, 5.41) is 14.8. The van der Waals surface area contributed by atoms with Crippen LogP contribution in [-0.2, 0) is 28.1 Å². The fourth-order valence-corrected chi connectivity index (χ4v) is 8.07. The second-order valence-electron chi connectivity index (χ2n) is 13.0. The van der Waals surface area contributed by atoms with Crippen LogP contribution in [0.3, 0.4) is 0 Å². The number of aliphatic hydroxyl groups excluding tert-OH is 1. The van der Waals surface area contributed by atoms with Gasteiger partial charge in [-0.15, -0.1) is 0 Å². The number of benzene rings is 3. The Hall–Kier alpha value is -3.09. The zero-order valence-electron chi connectivity index (χ0n) is 24.9. The summed E-state index contributed by atoms with van der Waals surface area (Å²) < 4.78 is 5.57. The molecule has 5 rings (SSSR count). The zero-order valence-corrected chi connectivity index (χ0v) is 25.7. The fourth-order valence-electron chi connectivity index (χ4n) is 6.80. The lowest BCUT2D eigenvalue weighted by molar-refractivity contribution is -0.131. The SMILES string of the molecule is CC(C)(C)OC(=O)N[C@@H](Cc1ccccc1)[C@@H](O)C[C@@]1(Cc2ccccc2)CCC([C@@H]2CSCc3ccccc32)C1=O. The first-order chi connectivity index (χ1) is 20.1. The van der Waals surface area contributed by atoms with E-state index in [2.05, 4.69) is 41.7 Å². The van der Waals surface area contributed by atoms with E-state index in [1.54, 1.807) is 0 Å². The number of ketones is 1. The third-order valence-electron chi connectivity index (χ3n) is 8.74. The summed E-state index contributed by atoms with van der Waals surface area (Å²) in [5.74, 6) is 2.28. The highest BCUT2D eigenvalue weighted by molar-refractivity contribution is 7.98. The molecule has 1 aliphatic heterocycles. The minimum absolute atomic E-state index is 0.0822. The van der Waals surface area contributed by atoms with Gasteiger partial charge in [0.25, 0.3) is 0 Å². The van der Waals surface area contributed by atoms with Crippen LogP contribution in [0, 0.1) is 11.3 Å². The van der Waals surface area contributed by atoms with Crippen LogP contribution in [0.15, 0.2) is 84.9 Å². The molecule has 2 N–H and O–H groups in total. The van der Waals surface area contributed by atoms with Crippen LogP contribution >= 0.6 is 11.8 Å². The van der Waals surface area contributed by atoms with Crippen LogP contribution in [-0.4, -0.2) is 40.5 Å². The highest BCUT2D eigenvalue weighted by atomic mass is 32.2. The van der Waals surface area contributed by atoms with E-state index in [-0.39, 0.29) is 24.0 Å². The van der Waals surface area contributed by atoms with Crippen molar-refractivity contribution in [2.24, 2.45) is 11.3 Å². The number of alkyl carbamates (subject to hydrolysis) is 1. The van der Waals surface area contributed by atoms with Gasteiger partial charge < -0.3 is 15.2 Å². The third kappa shape index (κ3) is 7.27. The largest absolute Gasteiger partial charge is 0.444 e. The molecular formula is C36H43NO4S. The van der Waals surface area contributed by atoms with Crippen molar-refractivity contribution in [1.82, 2.24) is 5.32 Å². The monoisotopic (exact) mass is 585 g/mol. The Morgan fingerprint density at radius 3 is 2.31 bits per heavy atom. The van der Waals surface area contributed by atoms with E-state index >= 15 is 0 Å². The summed E-state index contributed by atoms with van der Waals surface area (Å²) in [6.45, 7) is 5.47. The summed E-state index contributed by atoms with van der Waals surface area (Å²) in [5.41, 5.74) is 3.35. The summed E-state index contributed by atoms with van der Waals surface area (Å²) in [7, 11) is 0. The lowest BCUT2D eigenvalue weighted by atomic mass is 9.71. The Balaban J connectivity index is 1.43. The maximum atomic E-state index is 14.6. The molecule has 5 atom stereocenters. The van der Waals surface area contributed by atoms with Crippen molar-refractivity contribution >= 4 is 23.6 Å². The molecule has 222 valence electrons. The predicted octanol–water partition coefficient (Wildman–Crippen LogP) is 7.11. The highest BCUT2D eigenvalue weighted by Crippen LogP contribution is 2.51. The van der Waals surface area contributed by atoms with Gasteiger partial charge in [0.1, 0.15) is 11.4 Å². The quantitative estimate of drug-likeness (QED) is 0.280. The number of ether oxygens (including phenoxy) is 1. The second kappa shape index (κ2) is 13.0. The Morgan fingerprint density at radius 1 is 0.976 bits per heavy atom. The van der Waals surface area contributed by atoms with Gasteiger partial charge in [-0.1, -0.05) is 84.9 Å². The molecule has 1 fully saturated rings. The van der Waals surface area contributed by atoms with Crippen LogP contribution < -0.4 is 5.32 Å². The van der Waals surface area contributed by atoms with Crippen LogP contribution in [0.1, 0.15) is 68.2 Å². The smallest absolute Gasteiger partial charge is 0.407 e. The zero-order chi connectivity index (χ0) is 29.7. The molecule has 1 saturated carbocycles. The Kier molecular flexibility index (Phi) is 9.44. The average Bonchev–Trinajstić information content (AvgIpc) is 3.27. The van der Waals surface area contributed by atoms with Crippen LogP contribution in [0.25, 0.3) is 0 Å². The normalized spacial score (nSPS) is 23.6. The van der Waals surface area contributed by atoms with Crippen molar-refractivity contribution in [1.29, 1.82) is 0 Å². The number of nitrogens with one attached hydrogen (secondary N) is 1. The molecule has 0 aromatic heterocycles. The molecule has 1 unspecified atom stereocenters. The van der Waals surface area contributed by atoms with E-state index in [1.807, 2.05) is 81.1 Å². The van der Waals surface area contributed by atoms with E-state index < -0.39 is 29.3 Å². The van der Waals surface area contributed by atoms with Gasteiger partial charge in [0.15, 0.2) is 0 Å². The second-order valence-corrected chi connectivity index (χ2v) is 14.0. The Bertz CT molecular complexity index is 1360. The van der Waals surface area contributed by atoms with Crippen molar-refractivity contribution in [3.63, 3.8) is 0 Å². The molecule has 0 saturated heterocycles. The first-order valence-electron chi connectivity index (χ1n) is 15.1. The van der Waals surface area contributed by atoms with Gasteiger partial charge in [0, 0.05) is 28.8 Å². The number of thioether (sulfide) groups is 1. The maximum absolute atomic E-state index is 14.6. The number of aliphatic hydroxyl groups is 1. The predicted molar refractivity (Wildman–Crippen MR) is 170 cm³/mol. The van der Waals surface area contributed by atoms with Crippen molar-refractivity contribution in [3.05, 3.63) is 107 Å². The van der Waals surface area contributed by atoms with Gasteiger partial charge in [-0.05, 0) is 75.1 Å². The summed E-state index contributed by atoms with van der Waals surface area (Å²) >= 11 is 1.91. The van der Waals surface area contributed by atoms with Crippen LogP contribution in [0.5, 0.6) is 0 Å². The van der Waals surface area contributed by atoms with Gasteiger partial charge in [0.2, 0.25) is 0 Å². The molecule has 42 heavy (non-hydrogen) atoms. The summed E-state index contributed by atoms with van der Waals surface area (Å²) in [6.07, 6.45) is 1.32. The van der Waals surface area contributed by atoms with Crippen LogP contribution in [0.2, 0.25) is 0 Å². The number of carbonyl (C=O) groups excluding carboxylic acids is 2. The summed E-state index contributed by atoms with van der Waals surface area (Å²) in [4.78, 5) is 27.5. The van der Waals surface area contributed by atoms with E-state index in [0.717, 1.165) is 35.5 Å². The first kappa shape index (κ1) is 30.4. The first-order valence-corrected chi connectivity index (χ1v) is 16.2. The van der Waals surface area contributed by atoms with E-state index in [9.17, 15) is 14.7 Å². The number of hydrogen-bond acceptors (Lipinski definition) is 5. The number of carbonyl (C=O) groups is 2. The molecule has 0 spiro atoms. The standard InChI is InChI=1S/C36H43NO4S/c1-35(2,3)41-34(40)37-31(20-25-12-6-4-7-13-25)32(38)22-36(21-26-14-8-5-9-15-26)19-18-29(33(36)39)30-24-42-23-27-16-10-11-17-28(27)30/h4-17,29-32,38H,18-24H2,1-3H3,(H,37,40)/t29?,30-,31+,32+,36+/m1/s1. The minimum Gasteiger partial charge on any atom is -0.444 e. The maximum Gasteiger partial charge on any atom is 0.407 e. The molecular weight excluding hydrogens is 542 g/mol. The van der Waals surface area contributed by atoms with Crippen molar-refractivity contribution in [3.8, 4) is 0 Å². The Labute approximate surface area is 254 Å². The number of hydrogen-bond donors (Lipinski definition) is 2. The average molecular weight is 586 g/mol. The number of amides is 1. The lowest BCUT2D eigenvalue weighted by Gasteiger charge is -2.35. The number of rotatable bonds is 9. The molecule has 0 radical (unpaired) electrons. The van der Waals surface area contributed by atoms with Gasteiger partial charge in [-0.3, -0.25) is 4.79 Å². The van der Waals surface area contributed by atoms with E-state index in [4.69, 9.17) is 4.74 Å². The molecule has 0 bridgehead atoms. The number of Topliss-reactive ketones (excluding diaryl/α,β-unsaturated/α-hetero) is 1. The van der Waals surface area contributed by atoms with Crippen molar-refractivity contribution in [2.45, 2.75) is 82.3 Å². The van der Waals surface area contributed by atoms with Gasteiger partial charge in [-0.2, -0.15) is 11.8 Å². The Morgan fingerprint density at radius 2 is 1.62 bits per heavy atom. The van der Waals surface area contributed by atoms with Crippen LogP contribution in [0.4, 0.5) is 4.79 Å². The number of fused-ring (bicyclic) bond motifs is 1. The minimum atomic E-state index is -0.933. The topological polar surface area (TPSA) is 75.6 Å². The van der Waals surface area contributed by atoms with E-state index in [1.165, 1.54) is 11.1 Å².